The highest BCUT2D eigenvalue weighted by atomic mass is 19.1. The molecule has 2 aromatic rings. The maximum Gasteiger partial charge on any atom is 0.206 e. The molecule has 1 aromatic carbocycles. The van der Waals surface area contributed by atoms with Crippen molar-refractivity contribution in [1.29, 1.82) is 0 Å². The summed E-state index contributed by atoms with van der Waals surface area (Å²) in [4.78, 5) is 11.9. The number of nitrogens with one attached hydrogen (secondary N) is 1. The predicted molar refractivity (Wildman–Crippen MR) is 111 cm³/mol. The van der Waals surface area contributed by atoms with Gasteiger partial charge in [-0.2, -0.15) is 10.2 Å². The third-order valence-corrected chi connectivity index (χ3v) is 3.23. The summed E-state index contributed by atoms with van der Waals surface area (Å²) in [7, 11) is 3.65. The molecule has 1 heterocycles. The third kappa shape index (κ3) is 8.31. The molecule has 8 heteroatoms. The quantitative estimate of drug-likeness (QED) is 0.407. The van der Waals surface area contributed by atoms with Gasteiger partial charge in [0.1, 0.15) is 23.9 Å². The Morgan fingerprint density at radius 3 is 2.61 bits per heavy atom. The first-order valence-electron chi connectivity index (χ1n) is 8.50. The molecule has 0 saturated heterocycles. The number of rotatable bonds is 9. The molecule has 0 unspecified atom stereocenters. The monoisotopic (exact) mass is 387 g/mol. The Morgan fingerprint density at radius 1 is 1.32 bits per heavy atom. The predicted octanol–water partition coefficient (Wildman–Crippen LogP) is 3.07. The van der Waals surface area contributed by atoms with Gasteiger partial charge in [0.15, 0.2) is 0 Å². The summed E-state index contributed by atoms with van der Waals surface area (Å²) in [6.07, 6.45) is 3.30. The van der Waals surface area contributed by atoms with E-state index >= 15 is 0 Å². The number of anilines is 1. The molecular formula is C20H26FN5O2. The Morgan fingerprint density at radius 2 is 2.00 bits per heavy atom. The zero-order chi connectivity index (χ0) is 20.9. The highest BCUT2D eigenvalue weighted by Gasteiger charge is 2.04. The molecule has 1 aromatic heterocycles. The largest absolute Gasteiger partial charge is 0.487 e. The lowest BCUT2D eigenvalue weighted by atomic mass is 10.3. The lowest BCUT2D eigenvalue weighted by Crippen LogP contribution is -2.19. The first kappa shape index (κ1) is 22.6. The second-order valence-electron chi connectivity index (χ2n) is 5.68. The fraction of sp³-hybridized carbons (Fsp3) is 0.250. The molecule has 0 spiro atoms. The van der Waals surface area contributed by atoms with Crippen LogP contribution in [0.5, 0.6) is 5.75 Å². The van der Waals surface area contributed by atoms with Crippen molar-refractivity contribution in [3.05, 3.63) is 78.0 Å². The molecule has 0 fully saturated rings. The van der Waals surface area contributed by atoms with Gasteiger partial charge in [-0.25, -0.2) is 4.39 Å². The van der Waals surface area contributed by atoms with Crippen LogP contribution in [0.2, 0.25) is 0 Å². The zero-order valence-electron chi connectivity index (χ0n) is 16.3. The molecule has 28 heavy (non-hydrogen) atoms. The van der Waals surface area contributed by atoms with Gasteiger partial charge in [0.25, 0.3) is 0 Å². The number of hydrazone groups is 1. The van der Waals surface area contributed by atoms with Gasteiger partial charge in [-0.15, -0.1) is 13.2 Å². The molecule has 0 bridgehead atoms. The van der Waals surface area contributed by atoms with Gasteiger partial charge >= 0.3 is 0 Å². The smallest absolute Gasteiger partial charge is 0.206 e. The Hall–Kier alpha value is -3.42. The molecular weight excluding hydrogens is 361 g/mol. The summed E-state index contributed by atoms with van der Waals surface area (Å²) < 4.78 is 19.9. The average molecular weight is 387 g/mol. The molecule has 0 aliphatic carbocycles. The van der Waals surface area contributed by atoms with Crippen LogP contribution in [0.25, 0.3) is 0 Å². The van der Waals surface area contributed by atoms with Crippen LogP contribution < -0.4 is 15.5 Å². The van der Waals surface area contributed by atoms with Crippen molar-refractivity contribution in [3.63, 3.8) is 0 Å². The van der Waals surface area contributed by atoms with Gasteiger partial charge in [-0.3, -0.25) is 9.48 Å². The van der Waals surface area contributed by atoms with Crippen molar-refractivity contribution in [2.75, 3.05) is 26.0 Å². The molecule has 150 valence electrons. The van der Waals surface area contributed by atoms with Crippen molar-refractivity contribution < 1.29 is 9.13 Å². The van der Waals surface area contributed by atoms with Crippen molar-refractivity contribution in [3.8, 4) is 5.75 Å². The van der Waals surface area contributed by atoms with Crippen molar-refractivity contribution in [1.82, 2.24) is 14.8 Å². The molecule has 0 amide bonds. The zero-order valence-corrected chi connectivity index (χ0v) is 16.3. The summed E-state index contributed by atoms with van der Waals surface area (Å²) in [6.45, 7) is 9.75. The van der Waals surface area contributed by atoms with Crippen LogP contribution in [0.3, 0.4) is 0 Å². The van der Waals surface area contributed by atoms with E-state index in [1.54, 1.807) is 46.4 Å². The number of aromatic nitrogens is 2. The normalized spacial score (nSPS) is 10.1. The molecule has 1 N–H and O–H groups in total. The third-order valence-electron chi connectivity index (χ3n) is 3.23. The molecule has 2 rings (SSSR count). The summed E-state index contributed by atoms with van der Waals surface area (Å²) in [5, 5.41) is 12.9. The standard InChI is InChI=1S/C18H22FN5O2.C2H4/c1-14(19)12-20-15-4-6-16(7-5-15)26-13-17-18(25)8-10-24(22-17)11-9-21-23(2)3;1-2/h4-10,20H,1,11-13H2,2-3H3;1-2H2/b21-9-;. The molecule has 0 saturated carbocycles. The van der Waals surface area contributed by atoms with Gasteiger partial charge in [-0.05, 0) is 24.3 Å². The Balaban J connectivity index is 0.00000190. The fourth-order valence-electron chi connectivity index (χ4n) is 1.99. The summed E-state index contributed by atoms with van der Waals surface area (Å²) in [5.41, 5.74) is 0.865. The summed E-state index contributed by atoms with van der Waals surface area (Å²) >= 11 is 0. The van der Waals surface area contributed by atoms with Crippen LogP contribution in [-0.2, 0) is 13.2 Å². The lowest BCUT2D eigenvalue weighted by Gasteiger charge is -2.09. The fourth-order valence-corrected chi connectivity index (χ4v) is 1.99. The van der Waals surface area contributed by atoms with Gasteiger partial charge in [-0.1, -0.05) is 6.58 Å². The molecule has 0 aliphatic heterocycles. The number of hydrogen-bond donors (Lipinski definition) is 1. The van der Waals surface area contributed by atoms with Crippen LogP contribution in [0.4, 0.5) is 10.1 Å². The van der Waals surface area contributed by atoms with E-state index in [-0.39, 0.29) is 18.6 Å². The Kier molecular flexibility index (Phi) is 9.74. The van der Waals surface area contributed by atoms with E-state index in [1.165, 1.54) is 6.07 Å². The minimum Gasteiger partial charge on any atom is -0.487 e. The Bertz CT molecular complexity index is 831. The lowest BCUT2D eigenvalue weighted by molar-refractivity contribution is 0.296. The van der Waals surface area contributed by atoms with Crippen LogP contribution in [-0.4, -0.2) is 41.6 Å². The maximum atomic E-state index is 12.6. The number of halogens is 1. The SMILES string of the molecule is C=C.C=C(F)CNc1ccc(OCc2nn(C/C=N\N(C)C)ccc2=O)cc1. The highest BCUT2D eigenvalue weighted by Crippen LogP contribution is 2.16. The van der Waals surface area contributed by atoms with Gasteiger partial charge in [0.2, 0.25) is 5.43 Å². The second kappa shape index (κ2) is 12.1. The maximum absolute atomic E-state index is 12.6. The van der Waals surface area contributed by atoms with Crippen molar-refractivity contribution >= 4 is 11.9 Å². The van der Waals surface area contributed by atoms with E-state index in [0.29, 0.717) is 18.0 Å². The van der Waals surface area contributed by atoms with Gasteiger partial charge < -0.3 is 15.1 Å². The van der Waals surface area contributed by atoms with Crippen LogP contribution in [0.1, 0.15) is 5.69 Å². The number of benzene rings is 1. The molecule has 7 nitrogen and oxygen atoms in total. The number of hydrogen-bond acceptors (Lipinski definition) is 6. The van der Waals surface area contributed by atoms with Crippen LogP contribution >= 0.6 is 0 Å². The van der Waals surface area contributed by atoms with Crippen molar-refractivity contribution in [2.45, 2.75) is 13.2 Å². The average Bonchev–Trinajstić information content (AvgIpc) is 2.68. The minimum absolute atomic E-state index is 0.0541. The highest BCUT2D eigenvalue weighted by molar-refractivity contribution is 5.56. The first-order valence-corrected chi connectivity index (χ1v) is 8.50. The first-order chi connectivity index (χ1) is 13.4. The van der Waals surface area contributed by atoms with Gasteiger partial charge in [0.05, 0.1) is 13.1 Å². The van der Waals surface area contributed by atoms with Crippen molar-refractivity contribution in [2.24, 2.45) is 5.10 Å². The number of ether oxygens (including phenoxy) is 1. The molecule has 0 aliphatic rings. The molecule has 0 radical (unpaired) electrons. The molecule has 0 atom stereocenters. The second-order valence-corrected chi connectivity index (χ2v) is 5.68. The van der Waals surface area contributed by atoms with E-state index < -0.39 is 5.83 Å². The topological polar surface area (TPSA) is 71.8 Å². The van der Waals surface area contributed by atoms with E-state index in [2.05, 4.69) is 35.3 Å². The summed E-state index contributed by atoms with van der Waals surface area (Å²) in [6, 6.07) is 8.43. The van der Waals surface area contributed by atoms with E-state index in [0.717, 1.165) is 5.69 Å². The Labute approximate surface area is 164 Å². The van der Waals surface area contributed by atoms with Crippen LogP contribution in [0.15, 0.2) is 72.0 Å². The van der Waals surface area contributed by atoms with Gasteiger partial charge in [0, 0.05) is 38.3 Å². The number of nitrogens with zero attached hydrogens (tertiary/aromatic N) is 4. The van der Waals surface area contributed by atoms with Crippen LogP contribution in [0, 0.1) is 0 Å². The minimum atomic E-state index is -0.438. The summed E-state index contributed by atoms with van der Waals surface area (Å²) in [5.74, 6) is 0.146. The van der Waals surface area contributed by atoms with E-state index in [4.69, 9.17) is 4.74 Å². The van der Waals surface area contributed by atoms with E-state index in [1.807, 2.05) is 14.1 Å². The van der Waals surface area contributed by atoms with E-state index in [9.17, 15) is 9.18 Å².